The molecule has 28 heavy (non-hydrogen) atoms. The molecule has 2 amide bonds. The number of nitriles is 1. The summed E-state index contributed by atoms with van der Waals surface area (Å²) in [4.78, 5) is 15.5. The van der Waals surface area contributed by atoms with Gasteiger partial charge in [-0.15, -0.1) is 0 Å². The molecule has 2 aromatic carbocycles. The minimum absolute atomic E-state index is 0.0923. The molecule has 1 N–H and O–H groups in total. The lowest BCUT2D eigenvalue weighted by Crippen LogP contribution is -2.64. The molecular weight excluding hydrogens is 369 g/mol. The van der Waals surface area contributed by atoms with Crippen LogP contribution in [0.1, 0.15) is 11.1 Å². The van der Waals surface area contributed by atoms with Crippen LogP contribution in [0.15, 0.2) is 59.9 Å². The highest BCUT2D eigenvalue weighted by atomic mass is 19.4. The van der Waals surface area contributed by atoms with E-state index in [1.807, 2.05) is 0 Å². The second-order valence-corrected chi connectivity index (χ2v) is 6.74. The third kappa shape index (κ3) is 2.16. The highest BCUT2D eigenvalue weighted by Gasteiger charge is 2.65. The molecule has 2 aliphatic heterocycles. The van der Waals surface area contributed by atoms with Crippen molar-refractivity contribution in [3.63, 3.8) is 0 Å². The molecule has 2 aliphatic rings. The smallest absolute Gasteiger partial charge is 0.328 e. The van der Waals surface area contributed by atoms with Crippen LogP contribution in [0.4, 0.5) is 29.3 Å². The minimum Gasteiger partial charge on any atom is -0.328 e. The van der Waals surface area contributed by atoms with Crippen LogP contribution in [0.5, 0.6) is 0 Å². The van der Waals surface area contributed by atoms with Gasteiger partial charge in [-0.25, -0.2) is 9.69 Å². The second-order valence-electron chi connectivity index (χ2n) is 6.74. The van der Waals surface area contributed by atoms with Gasteiger partial charge in [-0.1, -0.05) is 42.0 Å². The first-order valence-corrected chi connectivity index (χ1v) is 8.46. The lowest BCUT2D eigenvalue weighted by molar-refractivity contribution is -0.184. The molecule has 0 spiro atoms. The topological polar surface area (TPSA) is 59.4 Å². The van der Waals surface area contributed by atoms with Crippen LogP contribution in [-0.2, 0) is 5.54 Å². The number of carbonyl (C=O) groups is 1. The van der Waals surface area contributed by atoms with Crippen molar-refractivity contribution >= 4 is 17.4 Å². The monoisotopic (exact) mass is 384 g/mol. The summed E-state index contributed by atoms with van der Waals surface area (Å²) in [7, 11) is 1.54. The van der Waals surface area contributed by atoms with E-state index in [9.17, 15) is 23.2 Å². The average molecular weight is 384 g/mol. The fraction of sp³-hybridized carbons (Fsp3) is 0.200. The van der Waals surface area contributed by atoms with E-state index in [-0.39, 0.29) is 11.4 Å². The van der Waals surface area contributed by atoms with Gasteiger partial charge in [-0.2, -0.15) is 18.4 Å². The molecule has 4 rings (SSSR count). The normalized spacial score (nSPS) is 21.2. The lowest BCUT2D eigenvalue weighted by Gasteiger charge is -2.43. The standard InChI is InChI=1S/C20H15F3N4O/c1-12-7-9-13(10-8-12)19(20(21,22)23)14(11-24)17-26(2)15-5-3-4-6-16(15)27(17)18(28)25-19/h3-10H,1-2H3,(H,25,28)/t19-/m1/s1. The maximum absolute atomic E-state index is 14.5. The Hall–Kier alpha value is -3.47. The van der Waals surface area contributed by atoms with Crippen molar-refractivity contribution in [2.75, 3.05) is 16.8 Å². The van der Waals surface area contributed by atoms with Gasteiger partial charge in [0.25, 0.3) is 0 Å². The number of hydrogen-bond acceptors (Lipinski definition) is 3. The molecular formula is C20H15F3N4O. The van der Waals surface area contributed by atoms with Gasteiger partial charge in [0.1, 0.15) is 17.5 Å². The van der Waals surface area contributed by atoms with Crippen LogP contribution in [-0.4, -0.2) is 19.3 Å². The summed E-state index contributed by atoms with van der Waals surface area (Å²) in [5, 5.41) is 11.9. The molecule has 0 aliphatic carbocycles. The second kappa shape index (κ2) is 5.76. The summed E-state index contributed by atoms with van der Waals surface area (Å²) in [5.74, 6) is -0.0923. The van der Waals surface area contributed by atoms with Crippen LogP contribution in [0, 0.1) is 18.3 Å². The number of para-hydroxylation sites is 2. The van der Waals surface area contributed by atoms with Gasteiger partial charge in [-0.05, 0) is 24.6 Å². The first-order chi connectivity index (χ1) is 13.2. The first-order valence-electron chi connectivity index (χ1n) is 8.46. The summed E-state index contributed by atoms with van der Waals surface area (Å²) in [6, 6.07) is 13.1. The Labute approximate surface area is 159 Å². The van der Waals surface area contributed by atoms with Gasteiger partial charge >= 0.3 is 12.2 Å². The Morgan fingerprint density at radius 2 is 1.68 bits per heavy atom. The number of halogens is 3. The summed E-state index contributed by atoms with van der Waals surface area (Å²) in [6.45, 7) is 1.75. The molecule has 0 saturated carbocycles. The molecule has 142 valence electrons. The number of hydrogen-bond donors (Lipinski definition) is 1. The van der Waals surface area contributed by atoms with Crippen LogP contribution in [0.2, 0.25) is 0 Å². The lowest BCUT2D eigenvalue weighted by atomic mass is 9.80. The number of aryl methyl sites for hydroxylation is 1. The maximum Gasteiger partial charge on any atom is 0.421 e. The highest BCUT2D eigenvalue weighted by molar-refractivity contribution is 6.06. The molecule has 2 aromatic rings. The van der Waals surface area contributed by atoms with E-state index in [2.05, 4.69) is 5.32 Å². The Bertz CT molecular complexity index is 1050. The van der Waals surface area contributed by atoms with E-state index < -0.39 is 23.3 Å². The van der Waals surface area contributed by atoms with Crippen molar-refractivity contribution in [3.05, 3.63) is 71.1 Å². The van der Waals surface area contributed by atoms with Crippen molar-refractivity contribution in [3.8, 4) is 6.07 Å². The molecule has 8 heteroatoms. The molecule has 0 unspecified atom stereocenters. The van der Waals surface area contributed by atoms with Gasteiger partial charge in [0.2, 0.25) is 5.54 Å². The van der Waals surface area contributed by atoms with Crippen molar-refractivity contribution in [1.29, 1.82) is 5.26 Å². The van der Waals surface area contributed by atoms with Crippen molar-refractivity contribution < 1.29 is 18.0 Å². The van der Waals surface area contributed by atoms with Crippen molar-refractivity contribution in [1.82, 2.24) is 5.32 Å². The number of carbonyl (C=O) groups excluding carboxylic acids is 1. The SMILES string of the molecule is Cc1ccc([C@@]2(C(F)(F)F)NC(=O)N3C(=C2C#N)N(C)c2ccccc23)cc1. The summed E-state index contributed by atoms with van der Waals surface area (Å²) >= 11 is 0. The number of amides is 2. The van der Waals surface area contributed by atoms with Crippen LogP contribution in [0.25, 0.3) is 0 Å². The fourth-order valence-corrected chi connectivity index (χ4v) is 3.78. The van der Waals surface area contributed by atoms with E-state index in [0.29, 0.717) is 11.4 Å². The zero-order chi connectivity index (χ0) is 20.3. The van der Waals surface area contributed by atoms with E-state index in [1.54, 1.807) is 44.3 Å². The molecule has 0 saturated heterocycles. The van der Waals surface area contributed by atoms with Gasteiger partial charge in [0, 0.05) is 7.05 Å². The predicted molar refractivity (Wildman–Crippen MR) is 97.4 cm³/mol. The Kier molecular flexibility index (Phi) is 3.69. The summed E-state index contributed by atoms with van der Waals surface area (Å²) in [5.41, 5.74) is -2.00. The van der Waals surface area contributed by atoms with Crippen LogP contribution < -0.4 is 15.1 Å². The minimum atomic E-state index is -4.93. The Balaban J connectivity index is 2.07. The van der Waals surface area contributed by atoms with Crippen molar-refractivity contribution in [2.45, 2.75) is 18.6 Å². The number of alkyl halides is 3. The molecule has 5 nitrogen and oxygen atoms in total. The van der Waals surface area contributed by atoms with E-state index in [4.69, 9.17) is 0 Å². The fourth-order valence-electron chi connectivity index (χ4n) is 3.78. The van der Waals surface area contributed by atoms with Gasteiger partial charge < -0.3 is 10.2 Å². The third-order valence-electron chi connectivity index (χ3n) is 5.13. The highest BCUT2D eigenvalue weighted by Crippen LogP contribution is 2.52. The van der Waals surface area contributed by atoms with E-state index >= 15 is 0 Å². The number of benzene rings is 2. The average Bonchev–Trinajstić information content (AvgIpc) is 2.95. The molecule has 0 aromatic heterocycles. The number of nitrogens with zero attached hydrogens (tertiary/aromatic N) is 3. The molecule has 0 fully saturated rings. The molecule has 0 radical (unpaired) electrons. The quantitative estimate of drug-likeness (QED) is 0.803. The molecule has 2 heterocycles. The Morgan fingerprint density at radius 3 is 2.25 bits per heavy atom. The number of rotatable bonds is 1. The predicted octanol–water partition coefficient (Wildman–Crippen LogP) is 4.17. The van der Waals surface area contributed by atoms with Crippen LogP contribution >= 0.6 is 0 Å². The van der Waals surface area contributed by atoms with E-state index in [0.717, 1.165) is 10.5 Å². The number of urea groups is 1. The van der Waals surface area contributed by atoms with E-state index in [1.165, 1.54) is 29.2 Å². The van der Waals surface area contributed by atoms with Gasteiger partial charge in [0.15, 0.2) is 0 Å². The third-order valence-corrected chi connectivity index (χ3v) is 5.13. The number of nitrogens with one attached hydrogen (secondary N) is 1. The summed E-state index contributed by atoms with van der Waals surface area (Å²) in [6.07, 6.45) is -4.93. The van der Waals surface area contributed by atoms with Gasteiger partial charge in [0.05, 0.1) is 11.4 Å². The maximum atomic E-state index is 14.5. The summed E-state index contributed by atoms with van der Waals surface area (Å²) < 4.78 is 43.4. The molecule has 0 bridgehead atoms. The van der Waals surface area contributed by atoms with Crippen molar-refractivity contribution in [2.24, 2.45) is 0 Å². The zero-order valence-electron chi connectivity index (χ0n) is 15.0. The number of anilines is 2. The van der Waals surface area contributed by atoms with Crippen LogP contribution in [0.3, 0.4) is 0 Å². The number of fused-ring (bicyclic) bond motifs is 3. The first kappa shape index (κ1) is 17.9. The largest absolute Gasteiger partial charge is 0.421 e. The molecule has 1 atom stereocenters. The van der Waals surface area contributed by atoms with Gasteiger partial charge in [-0.3, -0.25) is 0 Å². The Morgan fingerprint density at radius 1 is 1.07 bits per heavy atom. The zero-order valence-corrected chi connectivity index (χ0v) is 15.0.